The Labute approximate surface area is 209 Å². The van der Waals surface area contributed by atoms with Gasteiger partial charge >= 0.3 is 0 Å². The van der Waals surface area contributed by atoms with Gasteiger partial charge in [0.15, 0.2) is 12.6 Å². The van der Waals surface area contributed by atoms with Crippen LogP contribution in [0.3, 0.4) is 0 Å². The molecule has 6 aliphatic rings. The molecule has 0 amide bonds. The molecule has 0 spiro atoms. The molecule has 4 aliphatic carbocycles. The molecule has 208 valence electrons. The van der Waals surface area contributed by atoms with Crippen molar-refractivity contribution in [3.63, 3.8) is 0 Å². The molecule has 2 heterocycles. The maximum absolute atomic E-state index is 10.7. The molecule has 6 rings (SSSR count). The van der Waals surface area contributed by atoms with Crippen LogP contribution in [0.25, 0.3) is 0 Å². The van der Waals surface area contributed by atoms with E-state index in [0.29, 0.717) is 6.61 Å². The maximum Gasteiger partial charge on any atom is 0.187 e. The van der Waals surface area contributed by atoms with Crippen LogP contribution in [0.5, 0.6) is 0 Å². The predicted molar refractivity (Wildman–Crippen MR) is 119 cm³/mol. The monoisotopic (exact) mass is 520 g/mol. The summed E-state index contributed by atoms with van der Waals surface area (Å²) < 4.78 is 28.5. The number of aliphatic hydroxyl groups excluding tert-OH is 7. The third-order valence-corrected chi connectivity index (χ3v) is 8.72. The Bertz CT molecular complexity index is 699. The first-order valence-electron chi connectivity index (χ1n) is 13.1. The van der Waals surface area contributed by atoms with Crippen LogP contribution in [0.2, 0.25) is 0 Å². The summed E-state index contributed by atoms with van der Waals surface area (Å²) in [5, 5.41) is 70.6. The molecule has 4 unspecified atom stereocenters. The third kappa shape index (κ3) is 5.21. The molecule has 0 aromatic carbocycles. The Morgan fingerprint density at radius 1 is 0.639 bits per heavy atom. The Balaban J connectivity index is 1.13. The highest BCUT2D eigenvalue weighted by Gasteiger charge is 2.53. The number of hydrogen-bond donors (Lipinski definition) is 7. The molecule has 6 fully saturated rings. The van der Waals surface area contributed by atoms with Gasteiger partial charge in [-0.05, 0) is 56.3 Å². The van der Waals surface area contributed by atoms with Crippen molar-refractivity contribution >= 4 is 0 Å². The first-order chi connectivity index (χ1) is 17.2. The van der Waals surface area contributed by atoms with Crippen molar-refractivity contribution in [1.29, 1.82) is 0 Å². The number of hydrogen-bond acceptors (Lipinski definition) is 12. The molecule has 12 heteroatoms. The number of rotatable bonds is 9. The van der Waals surface area contributed by atoms with E-state index in [-0.39, 0.29) is 12.2 Å². The lowest BCUT2D eigenvalue weighted by molar-refractivity contribution is -0.360. The molecule has 2 aliphatic heterocycles. The lowest BCUT2D eigenvalue weighted by atomic mass is 9.54. The molecule has 36 heavy (non-hydrogen) atoms. The van der Waals surface area contributed by atoms with E-state index in [1.165, 1.54) is 19.3 Å². The number of ether oxygens (including phenoxy) is 5. The summed E-state index contributed by atoms with van der Waals surface area (Å²) in [5.74, 6) is 2.25. The topological polar surface area (TPSA) is 188 Å². The quantitative estimate of drug-likeness (QED) is 0.160. The Morgan fingerprint density at radius 2 is 1.19 bits per heavy atom. The molecule has 10 atom stereocenters. The van der Waals surface area contributed by atoms with Crippen LogP contribution in [0, 0.1) is 17.8 Å². The third-order valence-electron chi connectivity index (χ3n) is 8.72. The zero-order valence-electron chi connectivity index (χ0n) is 20.2. The molecule has 12 nitrogen and oxygen atoms in total. The van der Waals surface area contributed by atoms with Gasteiger partial charge in [0, 0.05) is 0 Å². The molecule has 2 saturated heterocycles. The molecule has 0 aromatic rings. The largest absolute Gasteiger partial charge is 0.394 e. The fraction of sp³-hybridized carbons (Fsp3) is 1.00. The summed E-state index contributed by atoms with van der Waals surface area (Å²) >= 11 is 0. The van der Waals surface area contributed by atoms with E-state index in [0.717, 1.165) is 37.0 Å². The second-order valence-electron chi connectivity index (χ2n) is 11.3. The lowest BCUT2D eigenvalue weighted by Gasteiger charge is -2.56. The van der Waals surface area contributed by atoms with E-state index >= 15 is 0 Å². The van der Waals surface area contributed by atoms with Crippen molar-refractivity contribution in [1.82, 2.24) is 0 Å². The molecular weight excluding hydrogens is 480 g/mol. The van der Waals surface area contributed by atoms with E-state index in [1.54, 1.807) is 0 Å². The van der Waals surface area contributed by atoms with Gasteiger partial charge in [0.05, 0.1) is 32.0 Å². The van der Waals surface area contributed by atoms with E-state index in [9.17, 15) is 35.7 Å². The summed E-state index contributed by atoms with van der Waals surface area (Å²) in [6.45, 7) is -0.798. The minimum Gasteiger partial charge on any atom is -0.394 e. The Hall–Kier alpha value is -0.480. The normalized spacial score (nSPS) is 52.6. The molecular formula is C24H40O12. The average Bonchev–Trinajstić information content (AvgIpc) is 2.85. The van der Waals surface area contributed by atoms with Crippen molar-refractivity contribution in [2.75, 3.05) is 26.4 Å². The van der Waals surface area contributed by atoms with Crippen molar-refractivity contribution in [3.05, 3.63) is 0 Å². The van der Waals surface area contributed by atoms with Crippen molar-refractivity contribution in [2.24, 2.45) is 17.8 Å². The molecule has 4 saturated carbocycles. The van der Waals surface area contributed by atoms with Gasteiger partial charge in [-0.2, -0.15) is 0 Å². The first-order valence-corrected chi connectivity index (χ1v) is 13.1. The Kier molecular flexibility index (Phi) is 8.24. The van der Waals surface area contributed by atoms with Gasteiger partial charge in [-0.3, -0.25) is 0 Å². The van der Waals surface area contributed by atoms with Gasteiger partial charge in [-0.15, -0.1) is 0 Å². The standard InChI is InChI=1S/C24H40O12/c25-9-14-16(27)17(28)19(30)23(34-14)36-21-15(10-26)35-22(20(31)18(21)29)32-1-2-33-24-6-11-3-12(7-24)5-13(4-11)8-24/h11-23,25-31H,1-10H2/t11?,12?,13?,14?,15?,16-,17+,18-,19?,20?,21-,22-,23-,24?/m1/s1. The summed E-state index contributed by atoms with van der Waals surface area (Å²) in [5.41, 5.74) is -0.0817. The zero-order chi connectivity index (χ0) is 25.6. The molecule has 0 radical (unpaired) electrons. The SMILES string of the molecule is OCC1O[C@H](O[C@@H]2C(CO)O[C@@H](OCCOC34CC5CC(CC(C5)C3)C4)C(O)[C@H]2O)C(O)[C@@H](O)[C@@H]1O. The lowest BCUT2D eigenvalue weighted by Crippen LogP contribution is -2.64. The van der Waals surface area contributed by atoms with Crippen LogP contribution in [0.4, 0.5) is 0 Å². The minimum absolute atomic E-state index is 0.0817. The summed E-state index contributed by atoms with van der Waals surface area (Å²) in [6.07, 6.45) is -7.39. The fourth-order valence-corrected chi connectivity index (χ4v) is 7.32. The van der Waals surface area contributed by atoms with E-state index in [1.807, 2.05) is 0 Å². The van der Waals surface area contributed by atoms with Crippen molar-refractivity contribution in [2.45, 2.75) is 106 Å². The smallest absolute Gasteiger partial charge is 0.187 e. The Morgan fingerprint density at radius 3 is 1.78 bits per heavy atom. The molecule has 4 bridgehead atoms. The zero-order valence-corrected chi connectivity index (χ0v) is 20.2. The van der Waals surface area contributed by atoms with Crippen LogP contribution in [0.1, 0.15) is 38.5 Å². The second kappa shape index (κ2) is 10.9. The van der Waals surface area contributed by atoms with E-state index < -0.39 is 74.6 Å². The van der Waals surface area contributed by atoms with Gasteiger partial charge in [0.2, 0.25) is 0 Å². The van der Waals surface area contributed by atoms with Crippen molar-refractivity contribution in [3.8, 4) is 0 Å². The summed E-state index contributed by atoms with van der Waals surface area (Å²) in [6, 6.07) is 0. The van der Waals surface area contributed by atoms with Crippen LogP contribution in [-0.4, -0.2) is 129 Å². The molecule has 0 aromatic heterocycles. The predicted octanol–water partition coefficient (Wildman–Crippen LogP) is -2.39. The van der Waals surface area contributed by atoms with Gasteiger partial charge in [-0.25, -0.2) is 0 Å². The number of aliphatic hydroxyl groups is 7. The van der Waals surface area contributed by atoms with Gasteiger partial charge in [0.25, 0.3) is 0 Å². The van der Waals surface area contributed by atoms with Crippen LogP contribution < -0.4 is 0 Å². The van der Waals surface area contributed by atoms with E-state index in [2.05, 4.69) is 0 Å². The van der Waals surface area contributed by atoms with Crippen LogP contribution in [0.15, 0.2) is 0 Å². The van der Waals surface area contributed by atoms with Gasteiger partial charge in [0.1, 0.15) is 48.8 Å². The van der Waals surface area contributed by atoms with Gasteiger partial charge < -0.3 is 59.4 Å². The highest BCUT2D eigenvalue weighted by Crippen LogP contribution is 2.57. The minimum atomic E-state index is -1.71. The summed E-state index contributed by atoms with van der Waals surface area (Å²) in [7, 11) is 0. The first kappa shape index (κ1) is 27.1. The summed E-state index contributed by atoms with van der Waals surface area (Å²) in [4.78, 5) is 0. The van der Waals surface area contributed by atoms with Crippen molar-refractivity contribution < 1.29 is 59.4 Å². The van der Waals surface area contributed by atoms with Crippen LogP contribution >= 0.6 is 0 Å². The van der Waals surface area contributed by atoms with Gasteiger partial charge in [-0.1, -0.05) is 0 Å². The highest BCUT2D eigenvalue weighted by atomic mass is 16.7. The highest BCUT2D eigenvalue weighted by molar-refractivity contribution is 5.03. The average molecular weight is 521 g/mol. The van der Waals surface area contributed by atoms with Crippen LogP contribution in [-0.2, 0) is 23.7 Å². The molecule has 7 N–H and O–H groups in total. The maximum atomic E-state index is 10.7. The second-order valence-corrected chi connectivity index (χ2v) is 11.3. The fourth-order valence-electron chi connectivity index (χ4n) is 7.32. The van der Waals surface area contributed by atoms with E-state index in [4.69, 9.17) is 23.7 Å².